The Morgan fingerprint density at radius 1 is 1.08 bits per heavy atom. The van der Waals surface area contributed by atoms with Crippen molar-refractivity contribution in [3.63, 3.8) is 0 Å². The molecule has 0 radical (unpaired) electrons. The number of ether oxygens (including phenoxy) is 3. The molecular formula is C29H31N3O4. The summed E-state index contributed by atoms with van der Waals surface area (Å²) in [4.78, 5) is 12.9. The maximum atomic E-state index is 12.9. The van der Waals surface area contributed by atoms with Crippen LogP contribution in [0.5, 0.6) is 17.2 Å². The fraction of sp³-hybridized carbons (Fsp3) is 0.310. The normalized spacial score (nSPS) is 18.6. The molecule has 0 aliphatic heterocycles. The molecule has 7 nitrogen and oxygen atoms in total. The summed E-state index contributed by atoms with van der Waals surface area (Å²) in [5.74, 6) is 2.17. The highest BCUT2D eigenvalue weighted by Crippen LogP contribution is 2.51. The standard InChI is InChI=1S/C29H31N3O4/c1-5-25(33)32-23-18-29(19-10-7-6-8-11-19,17-16-21(23)28(31-32)30-20-12-9-13-20)22-14-15-24(34-2)27(36-4)26(22)35-3/h5-8,10-11,14-17,20H,1,9,12-13,18H2,2-4H3,(H,30,31). The molecule has 7 heteroatoms. The second-order valence-corrected chi connectivity index (χ2v) is 9.16. The third-order valence-corrected chi connectivity index (χ3v) is 7.31. The Kier molecular flexibility index (Phi) is 6.31. The van der Waals surface area contributed by atoms with Crippen LogP contribution in [-0.4, -0.2) is 43.1 Å². The van der Waals surface area contributed by atoms with Crippen LogP contribution in [0.1, 0.15) is 46.4 Å². The van der Waals surface area contributed by atoms with Crippen LogP contribution >= 0.6 is 0 Å². The van der Waals surface area contributed by atoms with Crippen LogP contribution in [0.25, 0.3) is 6.08 Å². The number of anilines is 1. The Hall–Kier alpha value is -4.00. The highest BCUT2D eigenvalue weighted by molar-refractivity contribution is 5.91. The number of fused-ring (bicyclic) bond motifs is 1. The van der Waals surface area contributed by atoms with Crippen molar-refractivity contribution in [2.75, 3.05) is 26.6 Å². The van der Waals surface area contributed by atoms with Gasteiger partial charge in [0.25, 0.3) is 5.91 Å². The summed E-state index contributed by atoms with van der Waals surface area (Å²) < 4.78 is 18.7. The number of hydrogen-bond donors (Lipinski definition) is 1. The average Bonchev–Trinajstić information content (AvgIpc) is 3.26. The van der Waals surface area contributed by atoms with E-state index in [-0.39, 0.29) is 5.91 Å². The molecule has 1 aromatic heterocycles. The number of nitrogens with one attached hydrogen (secondary N) is 1. The molecule has 1 saturated carbocycles. The van der Waals surface area contributed by atoms with E-state index in [1.165, 1.54) is 17.2 Å². The van der Waals surface area contributed by atoms with Crippen LogP contribution in [0.15, 0.2) is 61.2 Å². The van der Waals surface area contributed by atoms with Gasteiger partial charge in [-0.25, -0.2) is 0 Å². The predicted molar refractivity (Wildman–Crippen MR) is 140 cm³/mol. The molecule has 1 unspecified atom stereocenters. The molecule has 36 heavy (non-hydrogen) atoms. The lowest BCUT2D eigenvalue weighted by Gasteiger charge is -2.36. The maximum Gasteiger partial charge on any atom is 0.270 e. The first-order chi connectivity index (χ1) is 17.6. The van der Waals surface area contributed by atoms with Gasteiger partial charge in [-0.3, -0.25) is 4.79 Å². The lowest BCUT2D eigenvalue weighted by molar-refractivity contribution is 0.0950. The Balaban J connectivity index is 1.73. The number of aromatic nitrogens is 2. The molecule has 2 aliphatic rings. The van der Waals surface area contributed by atoms with E-state index in [0.29, 0.717) is 29.7 Å². The minimum atomic E-state index is -0.647. The fourth-order valence-electron chi connectivity index (χ4n) is 5.21. The van der Waals surface area contributed by atoms with Gasteiger partial charge < -0.3 is 19.5 Å². The molecule has 186 valence electrons. The number of benzene rings is 2. The molecule has 2 aliphatic carbocycles. The third kappa shape index (κ3) is 3.75. The SMILES string of the molecule is C=CC(=O)n1nc(NC2CCC2)c2c1CC(c1ccccc1)(c1ccc(OC)c(OC)c1OC)C=C2. The van der Waals surface area contributed by atoms with E-state index in [9.17, 15) is 4.79 Å². The van der Waals surface area contributed by atoms with Gasteiger partial charge in [-0.05, 0) is 37.0 Å². The average molecular weight is 486 g/mol. The zero-order chi connectivity index (χ0) is 25.3. The lowest BCUT2D eigenvalue weighted by Crippen LogP contribution is -2.33. The quantitative estimate of drug-likeness (QED) is 0.439. The topological polar surface area (TPSA) is 74.6 Å². The largest absolute Gasteiger partial charge is 0.493 e. The van der Waals surface area contributed by atoms with Crippen molar-refractivity contribution in [1.82, 2.24) is 9.78 Å². The van der Waals surface area contributed by atoms with Gasteiger partial charge in [0.15, 0.2) is 17.3 Å². The molecule has 1 N–H and O–H groups in total. The van der Waals surface area contributed by atoms with Crippen molar-refractivity contribution in [3.8, 4) is 17.2 Å². The zero-order valence-corrected chi connectivity index (χ0v) is 20.9. The molecule has 5 rings (SSSR count). The Labute approximate surface area is 211 Å². The van der Waals surface area contributed by atoms with Crippen LogP contribution < -0.4 is 19.5 Å². The smallest absolute Gasteiger partial charge is 0.270 e. The first-order valence-electron chi connectivity index (χ1n) is 12.2. The van der Waals surface area contributed by atoms with Crippen molar-refractivity contribution in [2.24, 2.45) is 0 Å². The van der Waals surface area contributed by atoms with E-state index < -0.39 is 5.41 Å². The number of carbonyl (C=O) groups is 1. The van der Waals surface area contributed by atoms with Gasteiger partial charge in [0.05, 0.1) is 27.0 Å². The van der Waals surface area contributed by atoms with E-state index in [4.69, 9.17) is 19.3 Å². The molecule has 1 heterocycles. The van der Waals surface area contributed by atoms with Crippen molar-refractivity contribution >= 4 is 17.8 Å². The molecule has 3 aromatic rings. The zero-order valence-electron chi connectivity index (χ0n) is 20.9. The summed E-state index contributed by atoms with van der Waals surface area (Å²) >= 11 is 0. The number of allylic oxidation sites excluding steroid dienone is 2. The van der Waals surface area contributed by atoms with Gasteiger partial charge in [-0.15, -0.1) is 5.10 Å². The van der Waals surface area contributed by atoms with Crippen molar-refractivity contribution in [3.05, 3.63) is 83.6 Å². The number of carbonyl (C=O) groups excluding carboxylic acids is 1. The molecule has 0 spiro atoms. The summed E-state index contributed by atoms with van der Waals surface area (Å²) in [6.45, 7) is 3.71. The van der Waals surface area contributed by atoms with E-state index >= 15 is 0 Å². The van der Waals surface area contributed by atoms with Crippen LogP contribution in [0.4, 0.5) is 5.82 Å². The first kappa shape index (κ1) is 23.7. The van der Waals surface area contributed by atoms with E-state index in [1.807, 2.05) is 30.3 Å². The molecule has 0 saturated heterocycles. The highest BCUT2D eigenvalue weighted by atomic mass is 16.5. The molecule has 0 amide bonds. The Morgan fingerprint density at radius 2 is 1.83 bits per heavy atom. The molecule has 1 atom stereocenters. The van der Waals surface area contributed by atoms with Crippen LogP contribution in [0.2, 0.25) is 0 Å². The van der Waals surface area contributed by atoms with Crippen LogP contribution in [0, 0.1) is 0 Å². The van der Waals surface area contributed by atoms with Gasteiger partial charge in [0, 0.05) is 29.0 Å². The van der Waals surface area contributed by atoms with Crippen molar-refractivity contribution < 1.29 is 19.0 Å². The molecule has 2 aromatic carbocycles. The second-order valence-electron chi connectivity index (χ2n) is 9.16. The van der Waals surface area contributed by atoms with Crippen LogP contribution in [0.3, 0.4) is 0 Å². The first-order valence-corrected chi connectivity index (χ1v) is 12.2. The maximum absolute atomic E-state index is 12.9. The molecule has 1 fully saturated rings. The lowest BCUT2D eigenvalue weighted by atomic mass is 9.68. The summed E-state index contributed by atoms with van der Waals surface area (Å²) in [7, 11) is 4.83. The number of rotatable bonds is 8. The minimum absolute atomic E-state index is 0.260. The summed E-state index contributed by atoms with van der Waals surface area (Å²) in [5, 5.41) is 8.24. The van der Waals surface area contributed by atoms with Gasteiger partial charge in [-0.2, -0.15) is 4.68 Å². The fourth-order valence-corrected chi connectivity index (χ4v) is 5.21. The summed E-state index contributed by atoms with van der Waals surface area (Å²) in [6, 6.07) is 14.5. The summed E-state index contributed by atoms with van der Waals surface area (Å²) in [5.41, 5.74) is 3.08. The second kappa shape index (κ2) is 9.57. The Morgan fingerprint density at radius 3 is 2.44 bits per heavy atom. The van der Waals surface area contributed by atoms with E-state index in [2.05, 4.69) is 36.2 Å². The number of hydrogen-bond acceptors (Lipinski definition) is 6. The van der Waals surface area contributed by atoms with Gasteiger partial charge in [0.2, 0.25) is 5.75 Å². The number of methoxy groups -OCH3 is 3. The Bertz CT molecular complexity index is 1320. The molecular weight excluding hydrogens is 454 g/mol. The number of nitrogens with zero attached hydrogens (tertiary/aromatic N) is 2. The molecule has 0 bridgehead atoms. The van der Waals surface area contributed by atoms with Gasteiger partial charge in [-0.1, -0.05) is 55.1 Å². The van der Waals surface area contributed by atoms with Crippen molar-refractivity contribution in [1.29, 1.82) is 0 Å². The van der Waals surface area contributed by atoms with E-state index in [1.54, 1.807) is 21.3 Å². The van der Waals surface area contributed by atoms with E-state index in [0.717, 1.165) is 41.0 Å². The monoisotopic (exact) mass is 485 g/mol. The van der Waals surface area contributed by atoms with Crippen molar-refractivity contribution in [2.45, 2.75) is 37.1 Å². The van der Waals surface area contributed by atoms with Gasteiger partial charge >= 0.3 is 0 Å². The highest BCUT2D eigenvalue weighted by Gasteiger charge is 2.41. The minimum Gasteiger partial charge on any atom is -0.493 e. The third-order valence-electron chi connectivity index (χ3n) is 7.31. The van der Waals surface area contributed by atoms with Crippen LogP contribution in [-0.2, 0) is 11.8 Å². The predicted octanol–water partition coefficient (Wildman–Crippen LogP) is 5.26. The summed E-state index contributed by atoms with van der Waals surface area (Å²) in [6.07, 6.45) is 9.48. The van der Waals surface area contributed by atoms with Gasteiger partial charge in [0.1, 0.15) is 0 Å².